The van der Waals surface area contributed by atoms with E-state index in [1.807, 2.05) is 20.8 Å². The minimum atomic E-state index is -2.62. The molecule has 0 amide bonds. The van der Waals surface area contributed by atoms with Crippen molar-refractivity contribution in [3.8, 4) is 17.0 Å². The van der Waals surface area contributed by atoms with E-state index in [1.54, 1.807) is 36.9 Å². The van der Waals surface area contributed by atoms with E-state index in [4.69, 9.17) is 16.3 Å². The van der Waals surface area contributed by atoms with Crippen LogP contribution < -0.4 is 9.46 Å². The van der Waals surface area contributed by atoms with Crippen LogP contribution in [0, 0.1) is 0 Å². The first-order valence-electron chi connectivity index (χ1n) is 11.4. The number of anilines is 1. The zero-order chi connectivity index (χ0) is 25.8. The van der Waals surface area contributed by atoms with Gasteiger partial charge in [0.2, 0.25) is 5.95 Å². The molecule has 0 bridgehead atoms. The van der Waals surface area contributed by atoms with E-state index in [0.717, 1.165) is 0 Å². The van der Waals surface area contributed by atoms with Crippen LogP contribution in [0.5, 0.6) is 5.75 Å². The van der Waals surface area contributed by atoms with E-state index in [1.165, 1.54) is 0 Å². The standard InChI is InChI=1S/C24H25ClF2N6O2S/c1-4-13(3)21-23(35-12-19(26)27)16(5-2)31-24(32-21)33-36(34)18-11-30-22-14(18)6-7-15(25)20(22)17-10-28-8-9-29-17/h6-11,13,19,30H,4-5,12H2,1-3H3,(H,31,32,33). The molecule has 190 valence electrons. The molecule has 4 aromatic rings. The highest BCUT2D eigenvalue weighted by molar-refractivity contribution is 7.86. The van der Waals surface area contributed by atoms with Gasteiger partial charge in [-0.05, 0) is 18.9 Å². The number of aromatic amines is 1. The lowest BCUT2D eigenvalue weighted by atomic mass is 10.0. The summed E-state index contributed by atoms with van der Waals surface area (Å²) in [6, 6.07) is 3.48. The summed E-state index contributed by atoms with van der Waals surface area (Å²) in [5.41, 5.74) is 2.86. The summed E-state index contributed by atoms with van der Waals surface area (Å²) in [6.07, 6.45) is 4.89. The normalized spacial score (nSPS) is 13.2. The third-order valence-electron chi connectivity index (χ3n) is 5.70. The van der Waals surface area contributed by atoms with Crippen molar-refractivity contribution in [3.63, 3.8) is 0 Å². The van der Waals surface area contributed by atoms with Crippen LogP contribution >= 0.6 is 11.6 Å². The summed E-state index contributed by atoms with van der Waals surface area (Å²) < 4.78 is 47.3. The molecule has 2 atom stereocenters. The fourth-order valence-corrected chi connectivity index (χ4v) is 4.91. The molecule has 4 rings (SSSR count). The maximum absolute atomic E-state index is 13.4. The predicted octanol–water partition coefficient (Wildman–Crippen LogP) is 5.92. The molecule has 2 N–H and O–H groups in total. The van der Waals surface area contributed by atoms with Gasteiger partial charge in [-0.1, -0.05) is 38.4 Å². The molecule has 0 aliphatic heterocycles. The summed E-state index contributed by atoms with van der Waals surface area (Å²) >= 11 is 6.45. The number of fused-ring (bicyclic) bond motifs is 1. The van der Waals surface area contributed by atoms with Gasteiger partial charge >= 0.3 is 0 Å². The second-order valence-corrected chi connectivity index (χ2v) is 9.62. The van der Waals surface area contributed by atoms with Crippen molar-refractivity contribution < 1.29 is 17.7 Å². The molecule has 0 radical (unpaired) electrons. The number of halogens is 3. The number of benzene rings is 1. The molecule has 0 saturated carbocycles. The van der Waals surface area contributed by atoms with Gasteiger partial charge < -0.3 is 9.72 Å². The summed E-state index contributed by atoms with van der Waals surface area (Å²) in [5, 5.41) is 1.16. The number of nitrogens with one attached hydrogen (secondary N) is 2. The molecule has 0 aliphatic rings. The number of ether oxygens (including phenoxy) is 1. The highest BCUT2D eigenvalue weighted by Gasteiger charge is 2.22. The maximum atomic E-state index is 13.4. The highest BCUT2D eigenvalue weighted by Crippen LogP contribution is 2.36. The van der Waals surface area contributed by atoms with Crippen molar-refractivity contribution in [3.05, 3.63) is 53.3 Å². The minimum absolute atomic E-state index is 0.0790. The van der Waals surface area contributed by atoms with E-state index in [0.29, 0.717) is 56.3 Å². The molecule has 0 fully saturated rings. The van der Waals surface area contributed by atoms with Gasteiger partial charge in [0.1, 0.15) is 6.61 Å². The Kier molecular flexibility index (Phi) is 8.10. The highest BCUT2D eigenvalue weighted by atomic mass is 35.5. The summed E-state index contributed by atoms with van der Waals surface area (Å²) in [6.45, 7) is 4.99. The number of aryl methyl sites for hydroxylation is 1. The average Bonchev–Trinajstić information content (AvgIpc) is 3.31. The molecular formula is C24H25ClF2N6O2S. The van der Waals surface area contributed by atoms with Gasteiger partial charge in [-0.15, -0.1) is 0 Å². The fraction of sp³-hybridized carbons (Fsp3) is 0.333. The quantitative estimate of drug-likeness (QED) is 0.261. The summed E-state index contributed by atoms with van der Waals surface area (Å²) in [4.78, 5) is 21.0. The lowest BCUT2D eigenvalue weighted by Crippen LogP contribution is -2.16. The number of hydrogen-bond acceptors (Lipinski definition) is 6. The predicted molar refractivity (Wildman–Crippen MR) is 136 cm³/mol. The molecule has 3 heterocycles. The first-order valence-corrected chi connectivity index (χ1v) is 12.9. The Bertz CT molecular complexity index is 1390. The van der Waals surface area contributed by atoms with Crippen molar-refractivity contribution in [1.29, 1.82) is 0 Å². The number of nitrogens with zero attached hydrogens (tertiary/aromatic N) is 4. The Morgan fingerprint density at radius 2 is 2.03 bits per heavy atom. The minimum Gasteiger partial charge on any atom is -0.484 e. The van der Waals surface area contributed by atoms with Crippen molar-refractivity contribution in [2.24, 2.45) is 0 Å². The third kappa shape index (κ3) is 5.31. The first-order chi connectivity index (χ1) is 17.3. The lowest BCUT2D eigenvalue weighted by Gasteiger charge is -2.18. The first kappa shape index (κ1) is 25.9. The molecule has 8 nitrogen and oxygen atoms in total. The second-order valence-electron chi connectivity index (χ2n) is 8.03. The average molecular weight is 535 g/mol. The van der Waals surface area contributed by atoms with Gasteiger partial charge in [-0.25, -0.2) is 23.0 Å². The van der Waals surface area contributed by atoms with Crippen molar-refractivity contribution in [2.75, 3.05) is 11.3 Å². The Balaban J connectivity index is 1.71. The summed E-state index contributed by atoms with van der Waals surface area (Å²) in [5.74, 6) is 0.311. The monoisotopic (exact) mass is 534 g/mol. The van der Waals surface area contributed by atoms with Crippen LogP contribution in [0.1, 0.15) is 44.5 Å². The van der Waals surface area contributed by atoms with Gasteiger partial charge in [0, 0.05) is 35.5 Å². The lowest BCUT2D eigenvalue weighted by molar-refractivity contribution is 0.0802. The Hall–Kier alpha value is -3.18. The molecule has 0 saturated heterocycles. The SMILES string of the molecule is CCc1nc(NS(=O)c2c[nH]c3c(-c4cnccn4)c(Cl)ccc23)nc(C(C)CC)c1OCC(F)F. The molecule has 2 unspecified atom stereocenters. The second kappa shape index (κ2) is 11.3. The van der Waals surface area contributed by atoms with E-state index in [-0.39, 0.29) is 17.6 Å². The van der Waals surface area contributed by atoms with Gasteiger partial charge in [0.05, 0.1) is 38.7 Å². The molecule has 12 heteroatoms. The van der Waals surface area contributed by atoms with Crippen LogP contribution in [0.3, 0.4) is 0 Å². The number of H-pyrrole nitrogens is 1. The van der Waals surface area contributed by atoms with Crippen LogP contribution in [-0.2, 0) is 17.4 Å². The molecule has 0 spiro atoms. The maximum Gasteiger partial charge on any atom is 0.272 e. The van der Waals surface area contributed by atoms with E-state index in [9.17, 15) is 13.0 Å². The van der Waals surface area contributed by atoms with Crippen molar-refractivity contribution in [2.45, 2.75) is 50.9 Å². The molecule has 36 heavy (non-hydrogen) atoms. The topological polar surface area (TPSA) is 106 Å². The Labute approximate surface area is 214 Å². The molecule has 0 aliphatic carbocycles. The summed E-state index contributed by atoms with van der Waals surface area (Å²) in [7, 11) is -1.75. The number of aromatic nitrogens is 5. The van der Waals surface area contributed by atoms with Crippen LogP contribution in [-0.4, -0.2) is 42.2 Å². The zero-order valence-electron chi connectivity index (χ0n) is 19.9. The van der Waals surface area contributed by atoms with Crippen LogP contribution in [0.25, 0.3) is 22.2 Å². The van der Waals surface area contributed by atoms with Gasteiger partial charge in [-0.3, -0.25) is 14.7 Å². The van der Waals surface area contributed by atoms with E-state index >= 15 is 0 Å². The number of alkyl halides is 2. The van der Waals surface area contributed by atoms with Gasteiger partial charge in [0.25, 0.3) is 6.43 Å². The smallest absolute Gasteiger partial charge is 0.272 e. The number of rotatable bonds is 10. The van der Waals surface area contributed by atoms with E-state index in [2.05, 4.69) is 29.6 Å². The molecular weight excluding hydrogens is 510 g/mol. The van der Waals surface area contributed by atoms with E-state index < -0.39 is 24.0 Å². The van der Waals surface area contributed by atoms with Crippen molar-refractivity contribution >= 4 is 39.4 Å². The van der Waals surface area contributed by atoms with Gasteiger partial charge in [0.15, 0.2) is 16.7 Å². The number of hydrogen-bond donors (Lipinski definition) is 2. The molecule has 1 aromatic carbocycles. The molecule has 3 aromatic heterocycles. The van der Waals surface area contributed by atoms with Crippen LogP contribution in [0.4, 0.5) is 14.7 Å². The fourth-order valence-electron chi connectivity index (χ4n) is 3.75. The largest absolute Gasteiger partial charge is 0.484 e. The van der Waals surface area contributed by atoms with Crippen molar-refractivity contribution in [1.82, 2.24) is 24.9 Å². The Morgan fingerprint density at radius 1 is 1.22 bits per heavy atom. The van der Waals surface area contributed by atoms with Gasteiger partial charge in [-0.2, -0.15) is 0 Å². The zero-order valence-corrected chi connectivity index (χ0v) is 21.5. The third-order valence-corrected chi connectivity index (χ3v) is 7.12. The van der Waals surface area contributed by atoms with Crippen LogP contribution in [0.2, 0.25) is 5.02 Å². The Morgan fingerprint density at radius 3 is 2.69 bits per heavy atom. The van der Waals surface area contributed by atoms with Crippen LogP contribution in [0.15, 0.2) is 41.8 Å².